The van der Waals surface area contributed by atoms with Crippen molar-refractivity contribution in [3.63, 3.8) is 0 Å². The Balaban J connectivity index is 1.93. The Morgan fingerprint density at radius 1 is 0.879 bits per heavy atom. The van der Waals surface area contributed by atoms with Crippen molar-refractivity contribution < 1.29 is 28.8 Å². The summed E-state index contributed by atoms with van der Waals surface area (Å²) < 4.78 is 21.6. The molecule has 0 spiro atoms. The number of ether oxygens (including phenoxy) is 4. The highest BCUT2D eigenvalue weighted by molar-refractivity contribution is 6.30. The Morgan fingerprint density at radius 3 is 2.09 bits per heavy atom. The van der Waals surface area contributed by atoms with Crippen LogP contribution < -0.4 is 14.2 Å². The summed E-state index contributed by atoms with van der Waals surface area (Å²) in [5, 5.41) is 12.3. The van der Waals surface area contributed by atoms with Gasteiger partial charge in [-0.05, 0) is 59.7 Å². The first-order chi connectivity index (χ1) is 15.9. The lowest BCUT2D eigenvalue weighted by molar-refractivity contribution is -0.185. The predicted molar refractivity (Wildman–Crippen MR) is 125 cm³/mol. The van der Waals surface area contributed by atoms with Crippen LogP contribution in [0.5, 0.6) is 17.2 Å². The van der Waals surface area contributed by atoms with E-state index in [1.54, 1.807) is 61.7 Å². The van der Waals surface area contributed by atoms with Crippen LogP contribution in [-0.4, -0.2) is 32.4 Å². The first-order valence-electron chi connectivity index (χ1n) is 10.2. The fraction of sp³-hybridized carbons (Fsp3) is 0.192. The molecule has 1 N–H and O–H groups in total. The molecule has 0 amide bonds. The maximum atomic E-state index is 13.2. The van der Waals surface area contributed by atoms with Gasteiger partial charge in [0.25, 0.3) is 5.79 Å². The van der Waals surface area contributed by atoms with Crippen LogP contribution in [0.2, 0.25) is 5.02 Å². The van der Waals surface area contributed by atoms with Crippen molar-refractivity contribution in [2.75, 3.05) is 21.3 Å². The number of aliphatic hydroxyl groups is 1. The van der Waals surface area contributed by atoms with E-state index < -0.39 is 11.8 Å². The molecule has 4 rings (SSSR count). The van der Waals surface area contributed by atoms with E-state index in [0.717, 1.165) is 5.56 Å². The van der Waals surface area contributed by atoms with E-state index in [0.29, 0.717) is 39.0 Å². The second-order valence-corrected chi connectivity index (χ2v) is 7.96. The van der Waals surface area contributed by atoms with Crippen molar-refractivity contribution in [2.24, 2.45) is 0 Å². The van der Waals surface area contributed by atoms with Gasteiger partial charge in [0.15, 0.2) is 0 Å². The molecule has 6 nitrogen and oxygen atoms in total. The lowest BCUT2D eigenvalue weighted by Crippen LogP contribution is -2.29. The van der Waals surface area contributed by atoms with Gasteiger partial charge in [0.05, 0.1) is 26.9 Å². The van der Waals surface area contributed by atoms with E-state index in [1.807, 2.05) is 12.1 Å². The Kier molecular flexibility index (Phi) is 6.31. The van der Waals surface area contributed by atoms with Gasteiger partial charge < -0.3 is 24.1 Å². The lowest BCUT2D eigenvalue weighted by atomic mass is 9.88. The molecule has 1 heterocycles. The fourth-order valence-electron chi connectivity index (χ4n) is 3.89. The highest BCUT2D eigenvalue weighted by Crippen LogP contribution is 2.46. The number of rotatable bonds is 7. The number of halogens is 1. The largest absolute Gasteiger partial charge is 0.497 e. The van der Waals surface area contributed by atoms with Crippen LogP contribution in [0.4, 0.5) is 0 Å². The van der Waals surface area contributed by atoms with Gasteiger partial charge in [0, 0.05) is 28.6 Å². The molecule has 0 bridgehead atoms. The third-order valence-electron chi connectivity index (χ3n) is 5.55. The molecule has 0 saturated heterocycles. The third kappa shape index (κ3) is 4.40. The van der Waals surface area contributed by atoms with Crippen molar-refractivity contribution in [1.29, 1.82) is 0 Å². The molecular weight excluding hydrogens is 444 g/mol. The van der Waals surface area contributed by atoms with Gasteiger partial charge in [-0.25, -0.2) is 4.79 Å². The van der Waals surface area contributed by atoms with Crippen LogP contribution in [0.25, 0.3) is 5.57 Å². The molecule has 33 heavy (non-hydrogen) atoms. The van der Waals surface area contributed by atoms with Crippen molar-refractivity contribution >= 4 is 23.1 Å². The Hall–Kier alpha value is -3.48. The van der Waals surface area contributed by atoms with Crippen molar-refractivity contribution in [3.8, 4) is 17.2 Å². The molecule has 7 heteroatoms. The minimum absolute atomic E-state index is 0.226. The zero-order valence-electron chi connectivity index (χ0n) is 18.4. The summed E-state index contributed by atoms with van der Waals surface area (Å²) in [7, 11) is 4.61. The van der Waals surface area contributed by atoms with Crippen LogP contribution in [0.15, 0.2) is 72.3 Å². The maximum absolute atomic E-state index is 13.2. The number of hydrogen-bond donors (Lipinski definition) is 1. The number of esters is 1. The summed E-state index contributed by atoms with van der Waals surface area (Å²) in [6, 6.07) is 19.1. The SMILES string of the molecule is COc1ccc(C2(O)OC(=O)C(c3cc(OC)cc(OC)c3)=C2Cc2cccc(Cl)c2)cc1. The highest BCUT2D eigenvalue weighted by Gasteiger charge is 2.48. The van der Waals surface area contributed by atoms with Gasteiger partial charge in [-0.1, -0.05) is 23.7 Å². The van der Waals surface area contributed by atoms with E-state index >= 15 is 0 Å². The normalized spacial score (nSPS) is 17.7. The van der Waals surface area contributed by atoms with Crippen LogP contribution >= 0.6 is 11.6 Å². The summed E-state index contributed by atoms with van der Waals surface area (Å²) in [5.74, 6) is -0.999. The molecule has 0 aromatic heterocycles. The molecule has 1 atom stereocenters. The summed E-state index contributed by atoms with van der Waals surface area (Å²) in [5.41, 5.74) is 2.35. The first-order valence-corrected chi connectivity index (χ1v) is 10.6. The smallest absolute Gasteiger partial charge is 0.342 e. The molecule has 3 aromatic rings. The number of carbonyl (C=O) groups excluding carboxylic acids is 1. The van der Waals surface area contributed by atoms with Crippen LogP contribution in [0.3, 0.4) is 0 Å². The lowest BCUT2D eigenvalue weighted by Gasteiger charge is -2.26. The van der Waals surface area contributed by atoms with Crippen molar-refractivity contribution in [3.05, 3.63) is 94.0 Å². The number of methoxy groups -OCH3 is 3. The van der Waals surface area contributed by atoms with Gasteiger partial charge in [0.1, 0.15) is 17.2 Å². The van der Waals surface area contributed by atoms with E-state index in [9.17, 15) is 9.90 Å². The molecule has 0 saturated carbocycles. The first kappa shape index (κ1) is 22.7. The van der Waals surface area contributed by atoms with E-state index in [-0.39, 0.29) is 12.0 Å². The van der Waals surface area contributed by atoms with Gasteiger partial charge in [-0.3, -0.25) is 0 Å². The fourth-order valence-corrected chi connectivity index (χ4v) is 4.11. The Labute approximate surface area is 196 Å². The van der Waals surface area contributed by atoms with Gasteiger partial charge in [-0.15, -0.1) is 0 Å². The molecule has 1 unspecified atom stereocenters. The summed E-state index contributed by atoms with van der Waals surface area (Å²) in [6.07, 6.45) is 0.226. The molecule has 1 aliphatic rings. The molecule has 0 radical (unpaired) electrons. The molecule has 170 valence electrons. The summed E-state index contributed by atoms with van der Waals surface area (Å²) in [4.78, 5) is 13.2. The zero-order valence-corrected chi connectivity index (χ0v) is 19.2. The summed E-state index contributed by atoms with van der Waals surface area (Å²) >= 11 is 6.19. The second kappa shape index (κ2) is 9.17. The third-order valence-corrected chi connectivity index (χ3v) is 5.78. The number of benzene rings is 3. The number of cyclic esters (lactones) is 1. The van der Waals surface area contributed by atoms with Crippen molar-refractivity contribution in [1.82, 2.24) is 0 Å². The molecule has 0 aliphatic carbocycles. The quantitative estimate of drug-likeness (QED) is 0.506. The number of hydrogen-bond acceptors (Lipinski definition) is 6. The van der Waals surface area contributed by atoms with Gasteiger partial charge in [0.2, 0.25) is 0 Å². The zero-order chi connectivity index (χ0) is 23.6. The Morgan fingerprint density at radius 2 is 1.52 bits per heavy atom. The average molecular weight is 467 g/mol. The highest BCUT2D eigenvalue weighted by atomic mass is 35.5. The van der Waals surface area contributed by atoms with E-state index in [4.69, 9.17) is 30.5 Å². The minimum atomic E-state index is -1.97. The molecule has 1 aliphatic heterocycles. The standard InChI is InChI=1S/C26H23ClO6/c1-30-20-9-7-18(8-10-20)26(29)23(12-16-5-4-6-19(27)11-16)24(25(28)33-26)17-13-21(31-2)15-22(14-17)32-3/h4-11,13-15,29H,12H2,1-3H3. The average Bonchev–Trinajstić information content (AvgIpc) is 3.08. The topological polar surface area (TPSA) is 74.2 Å². The number of carbonyl (C=O) groups is 1. The second-order valence-electron chi connectivity index (χ2n) is 7.52. The van der Waals surface area contributed by atoms with Crippen molar-refractivity contribution in [2.45, 2.75) is 12.2 Å². The molecule has 0 fully saturated rings. The molecule has 3 aromatic carbocycles. The van der Waals surface area contributed by atoms with Crippen LogP contribution in [0.1, 0.15) is 16.7 Å². The van der Waals surface area contributed by atoms with Crippen LogP contribution in [-0.2, 0) is 21.7 Å². The summed E-state index contributed by atoms with van der Waals surface area (Å²) in [6.45, 7) is 0. The minimum Gasteiger partial charge on any atom is -0.497 e. The van der Waals surface area contributed by atoms with E-state index in [2.05, 4.69) is 0 Å². The molecular formula is C26H23ClO6. The van der Waals surface area contributed by atoms with Gasteiger partial charge in [-0.2, -0.15) is 0 Å². The predicted octanol–water partition coefficient (Wildman–Crippen LogP) is 4.76. The van der Waals surface area contributed by atoms with E-state index in [1.165, 1.54) is 14.2 Å². The Bertz CT molecular complexity index is 1200. The monoisotopic (exact) mass is 466 g/mol. The van der Waals surface area contributed by atoms with Gasteiger partial charge >= 0.3 is 5.97 Å². The maximum Gasteiger partial charge on any atom is 0.342 e. The van der Waals surface area contributed by atoms with Crippen LogP contribution in [0, 0.1) is 0 Å².